The lowest BCUT2D eigenvalue weighted by molar-refractivity contribution is -0.139. The fourth-order valence-corrected chi connectivity index (χ4v) is 4.09. The predicted molar refractivity (Wildman–Crippen MR) is 134 cm³/mol. The zero-order chi connectivity index (χ0) is 23.9. The summed E-state index contributed by atoms with van der Waals surface area (Å²) in [6, 6.07) is 20.2. The first-order valence-electron chi connectivity index (χ1n) is 11.2. The molecule has 4 aromatic rings. The molecule has 176 valence electrons. The summed E-state index contributed by atoms with van der Waals surface area (Å²) < 4.78 is 11.9. The molecule has 34 heavy (non-hydrogen) atoms. The molecule has 0 unspecified atom stereocenters. The van der Waals surface area contributed by atoms with Crippen LogP contribution in [0.4, 0.5) is 0 Å². The number of benzene rings is 3. The lowest BCUT2D eigenvalue weighted by atomic mass is 10.0. The molecule has 3 aromatic carbocycles. The predicted octanol–water partition coefficient (Wildman–Crippen LogP) is 5.58. The van der Waals surface area contributed by atoms with Crippen molar-refractivity contribution < 1.29 is 19.4 Å². The highest BCUT2D eigenvalue weighted by Crippen LogP contribution is 2.33. The smallest absolute Gasteiger partial charge is 0.321 e. The van der Waals surface area contributed by atoms with E-state index in [9.17, 15) is 9.90 Å². The Balaban J connectivity index is 1.52. The van der Waals surface area contributed by atoms with E-state index in [1.54, 1.807) is 0 Å². The molecular formula is C27H27ClN2O4. The van der Waals surface area contributed by atoms with E-state index in [0.717, 1.165) is 27.6 Å². The van der Waals surface area contributed by atoms with E-state index in [1.165, 1.54) is 0 Å². The van der Waals surface area contributed by atoms with Gasteiger partial charge in [0.05, 0.1) is 6.61 Å². The van der Waals surface area contributed by atoms with Crippen LogP contribution in [-0.4, -0.2) is 28.7 Å². The van der Waals surface area contributed by atoms with Crippen LogP contribution in [0.15, 0.2) is 72.9 Å². The standard InChI is InChI=1S/C27H27ClN2O4/c1-2-33-25-13-7-9-18(26(25)34-17-19-8-3-5-11-22(19)28)15-30-24(27(31)32)14-20-16-29-23-12-6-4-10-21(20)23/h3-13,16,24,29-30H,2,14-15,17H2,1H3,(H,31,32)/t24-/m1/s1. The van der Waals surface area contributed by atoms with Gasteiger partial charge in [0.1, 0.15) is 12.6 Å². The van der Waals surface area contributed by atoms with Gasteiger partial charge < -0.3 is 19.6 Å². The monoisotopic (exact) mass is 478 g/mol. The van der Waals surface area contributed by atoms with E-state index >= 15 is 0 Å². The summed E-state index contributed by atoms with van der Waals surface area (Å²) in [5, 5.41) is 14.7. The molecule has 6 nitrogen and oxygen atoms in total. The molecule has 1 atom stereocenters. The maximum absolute atomic E-state index is 12.0. The van der Waals surface area contributed by atoms with Gasteiger partial charge in [0.2, 0.25) is 0 Å². The van der Waals surface area contributed by atoms with Crippen LogP contribution < -0.4 is 14.8 Å². The number of aromatic amines is 1. The van der Waals surface area contributed by atoms with Crippen molar-refractivity contribution in [3.05, 3.63) is 94.6 Å². The van der Waals surface area contributed by atoms with E-state index in [2.05, 4.69) is 10.3 Å². The normalized spacial score (nSPS) is 11.9. The number of carboxylic acid groups (broad SMARTS) is 1. The molecule has 0 aliphatic rings. The first kappa shape index (κ1) is 23.7. The quantitative estimate of drug-likeness (QED) is 0.262. The van der Waals surface area contributed by atoms with Crippen molar-refractivity contribution in [2.45, 2.75) is 32.5 Å². The van der Waals surface area contributed by atoms with Crippen LogP contribution in [0.1, 0.15) is 23.6 Å². The molecule has 0 aliphatic carbocycles. The minimum absolute atomic E-state index is 0.272. The van der Waals surface area contributed by atoms with Crippen molar-refractivity contribution in [2.24, 2.45) is 0 Å². The SMILES string of the molecule is CCOc1cccc(CN[C@H](Cc2c[nH]c3ccccc23)C(=O)O)c1OCc1ccccc1Cl. The van der Waals surface area contributed by atoms with Gasteiger partial charge in [-0.15, -0.1) is 0 Å². The van der Waals surface area contributed by atoms with Gasteiger partial charge in [-0.05, 0) is 30.7 Å². The van der Waals surface area contributed by atoms with Crippen LogP contribution in [-0.2, 0) is 24.4 Å². The molecule has 4 rings (SSSR count). The number of para-hydroxylation sites is 2. The van der Waals surface area contributed by atoms with Gasteiger partial charge in [-0.2, -0.15) is 0 Å². The maximum atomic E-state index is 12.0. The number of hydrogen-bond donors (Lipinski definition) is 3. The summed E-state index contributed by atoms with van der Waals surface area (Å²) in [7, 11) is 0. The average Bonchev–Trinajstić information content (AvgIpc) is 3.25. The second-order valence-corrected chi connectivity index (χ2v) is 8.30. The number of ether oxygens (including phenoxy) is 2. The third kappa shape index (κ3) is 5.53. The first-order chi connectivity index (χ1) is 16.6. The number of aliphatic carboxylic acids is 1. The number of H-pyrrole nitrogens is 1. The van der Waals surface area contributed by atoms with Crippen LogP contribution in [0.2, 0.25) is 5.02 Å². The average molecular weight is 479 g/mol. The topological polar surface area (TPSA) is 83.6 Å². The molecule has 1 aromatic heterocycles. The summed E-state index contributed by atoms with van der Waals surface area (Å²) in [4.78, 5) is 15.2. The highest BCUT2D eigenvalue weighted by atomic mass is 35.5. The molecule has 0 saturated carbocycles. The van der Waals surface area contributed by atoms with Crippen molar-refractivity contribution in [1.29, 1.82) is 0 Å². The van der Waals surface area contributed by atoms with E-state index in [1.807, 2.05) is 79.9 Å². The maximum Gasteiger partial charge on any atom is 0.321 e. The summed E-state index contributed by atoms with van der Waals surface area (Å²) >= 11 is 6.29. The summed E-state index contributed by atoms with van der Waals surface area (Å²) in [6.45, 7) is 2.97. The number of carbonyl (C=O) groups is 1. The van der Waals surface area contributed by atoms with Crippen LogP contribution in [0.3, 0.4) is 0 Å². The zero-order valence-corrected chi connectivity index (χ0v) is 19.6. The molecule has 0 fully saturated rings. The molecule has 0 spiro atoms. The van der Waals surface area contributed by atoms with Crippen molar-refractivity contribution in [1.82, 2.24) is 10.3 Å². The van der Waals surface area contributed by atoms with E-state index < -0.39 is 12.0 Å². The summed E-state index contributed by atoms with van der Waals surface area (Å²) in [6.07, 6.45) is 2.22. The van der Waals surface area contributed by atoms with Gasteiger partial charge in [-0.25, -0.2) is 0 Å². The van der Waals surface area contributed by atoms with Crippen molar-refractivity contribution in [3.63, 3.8) is 0 Å². The highest BCUT2D eigenvalue weighted by Gasteiger charge is 2.21. The van der Waals surface area contributed by atoms with Gasteiger partial charge in [0.25, 0.3) is 0 Å². The molecular weight excluding hydrogens is 452 g/mol. The number of nitrogens with one attached hydrogen (secondary N) is 2. The van der Waals surface area contributed by atoms with E-state index in [0.29, 0.717) is 36.1 Å². The Morgan fingerprint density at radius 3 is 2.56 bits per heavy atom. The van der Waals surface area contributed by atoms with E-state index in [-0.39, 0.29) is 6.61 Å². The minimum atomic E-state index is -0.912. The lowest BCUT2D eigenvalue weighted by Crippen LogP contribution is -2.38. The molecule has 0 bridgehead atoms. The van der Waals surface area contributed by atoms with Crippen LogP contribution >= 0.6 is 11.6 Å². The highest BCUT2D eigenvalue weighted by molar-refractivity contribution is 6.31. The summed E-state index contributed by atoms with van der Waals surface area (Å²) in [5.41, 5.74) is 3.61. The molecule has 0 radical (unpaired) electrons. The number of halogens is 1. The van der Waals surface area contributed by atoms with Crippen molar-refractivity contribution >= 4 is 28.5 Å². The molecule has 1 heterocycles. The molecule has 0 saturated heterocycles. The first-order valence-corrected chi connectivity index (χ1v) is 11.6. The Morgan fingerprint density at radius 1 is 1.00 bits per heavy atom. The van der Waals surface area contributed by atoms with Gasteiger partial charge in [-0.3, -0.25) is 10.1 Å². The van der Waals surface area contributed by atoms with E-state index in [4.69, 9.17) is 21.1 Å². The molecule has 0 amide bonds. The second kappa shape index (κ2) is 11.1. The third-order valence-electron chi connectivity index (χ3n) is 5.63. The number of aromatic nitrogens is 1. The van der Waals surface area contributed by atoms with Crippen LogP contribution in [0, 0.1) is 0 Å². The third-order valence-corrected chi connectivity index (χ3v) is 5.99. The van der Waals surface area contributed by atoms with Gasteiger partial charge in [0, 0.05) is 46.2 Å². The molecule has 0 aliphatic heterocycles. The fraction of sp³-hybridized carbons (Fsp3) is 0.222. The van der Waals surface area contributed by atoms with Gasteiger partial charge in [-0.1, -0.05) is 60.1 Å². The van der Waals surface area contributed by atoms with Crippen LogP contribution in [0.25, 0.3) is 10.9 Å². The van der Waals surface area contributed by atoms with Crippen molar-refractivity contribution in [3.8, 4) is 11.5 Å². The molecule has 3 N–H and O–H groups in total. The van der Waals surface area contributed by atoms with Crippen LogP contribution in [0.5, 0.6) is 11.5 Å². The lowest BCUT2D eigenvalue weighted by Gasteiger charge is -2.19. The minimum Gasteiger partial charge on any atom is -0.490 e. The Hall–Kier alpha value is -3.48. The number of carboxylic acids is 1. The molecule has 7 heteroatoms. The zero-order valence-electron chi connectivity index (χ0n) is 18.9. The van der Waals surface area contributed by atoms with Gasteiger partial charge >= 0.3 is 5.97 Å². The Kier molecular flexibility index (Phi) is 7.72. The Labute approximate surface area is 203 Å². The Morgan fingerprint density at radius 2 is 1.76 bits per heavy atom. The summed E-state index contributed by atoms with van der Waals surface area (Å²) in [5.74, 6) is 0.273. The van der Waals surface area contributed by atoms with Crippen molar-refractivity contribution in [2.75, 3.05) is 6.61 Å². The number of fused-ring (bicyclic) bond motifs is 1. The number of rotatable bonds is 11. The fourth-order valence-electron chi connectivity index (χ4n) is 3.90. The number of hydrogen-bond acceptors (Lipinski definition) is 4. The van der Waals surface area contributed by atoms with Gasteiger partial charge in [0.15, 0.2) is 11.5 Å². The Bertz CT molecular complexity index is 1270. The largest absolute Gasteiger partial charge is 0.490 e. The second-order valence-electron chi connectivity index (χ2n) is 7.89.